The monoisotopic (exact) mass is 319 g/mol. The van der Waals surface area contributed by atoms with Crippen molar-refractivity contribution in [3.05, 3.63) is 0 Å². The van der Waals surface area contributed by atoms with Gasteiger partial charge in [-0.15, -0.1) is 0 Å². The van der Waals surface area contributed by atoms with Crippen molar-refractivity contribution < 1.29 is 9.90 Å². The van der Waals surface area contributed by atoms with Gasteiger partial charge in [0.15, 0.2) is 0 Å². The molecule has 0 aliphatic heterocycles. The summed E-state index contributed by atoms with van der Waals surface area (Å²) in [5, 5.41) is 9.67. The van der Waals surface area contributed by atoms with Crippen LogP contribution in [0.3, 0.4) is 0 Å². The third-order valence-electron chi connectivity index (χ3n) is 9.00. The molecule has 0 bridgehead atoms. The Hall–Kier alpha value is -0.570. The zero-order chi connectivity index (χ0) is 16.4. The summed E-state index contributed by atoms with van der Waals surface area (Å²) in [4.78, 5) is 11.7. The Labute approximate surface area is 140 Å². The van der Waals surface area contributed by atoms with Crippen LogP contribution in [0.2, 0.25) is 0 Å². The maximum atomic E-state index is 11.7. The molecule has 23 heavy (non-hydrogen) atoms. The summed E-state index contributed by atoms with van der Waals surface area (Å²) in [6, 6.07) is 0.418. The molecule has 0 aromatic heterocycles. The Morgan fingerprint density at radius 1 is 0.957 bits per heavy atom. The van der Waals surface area contributed by atoms with Gasteiger partial charge in [-0.3, -0.25) is 4.79 Å². The molecule has 4 rings (SSSR count). The van der Waals surface area contributed by atoms with Crippen molar-refractivity contribution in [3.8, 4) is 0 Å². The minimum Gasteiger partial charge on any atom is -0.481 e. The third kappa shape index (κ3) is 2.14. The van der Waals surface area contributed by atoms with E-state index in [4.69, 9.17) is 5.73 Å². The molecule has 0 spiro atoms. The molecule has 3 nitrogen and oxygen atoms in total. The highest BCUT2D eigenvalue weighted by atomic mass is 16.4. The molecule has 0 amide bonds. The summed E-state index contributed by atoms with van der Waals surface area (Å²) in [5.41, 5.74) is 6.79. The topological polar surface area (TPSA) is 63.3 Å². The number of rotatable bonds is 1. The Bertz CT molecular complexity index is 506. The Morgan fingerprint density at radius 2 is 1.65 bits per heavy atom. The van der Waals surface area contributed by atoms with Gasteiger partial charge in [-0.25, -0.2) is 0 Å². The molecule has 3 unspecified atom stereocenters. The summed E-state index contributed by atoms with van der Waals surface area (Å²) in [5.74, 6) is 2.41. The summed E-state index contributed by atoms with van der Waals surface area (Å²) >= 11 is 0. The molecule has 4 fully saturated rings. The van der Waals surface area contributed by atoms with Crippen molar-refractivity contribution in [2.45, 2.75) is 77.7 Å². The van der Waals surface area contributed by atoms with Crippen LogP contribution in [0.4, 0.5) is 0 Å². The molecule has 4 aliphatic carbocycles. The number of carboxylic acids is 1. The van der Waals surface area contributed by atoms with E-state index < -0.39 is 5.97 Å². The molecule has 4 aliphatic rings. The first-order valence-electron chi connectivity index (χ1n) is 9.84. The van der Waals surface area contributed by atoms with Crippen molar-refractivity contribution >= 4 is 5.97 Å². The van der Waals surface area contributed by atoms with Gasteiger partial charge in [-0.1, -0.05) is 13.8 Å². The van der Waals surface area contributed by atoms with Crippen LogP contribution in [-0.2, 0) is 4.79 Å². The predicted octanol–water partition coefficient (Wildman–Crippen LogP) is 4.06. The zero-order valence-electron chi connectivity index (χ0n) is 14.8. The van der Waals surface area contributed by atoms with Gasteiger partial charge in [0.25, 0.3) is 0 Å². The maximum absolute atomic E-state index is 11.7. The van der Waals surface area contributed by atoms with Crippen LogP contribution in [-0.4, -0.2) is 17.1 Å². The van der Waals surface area contributed by atoms with Gasteiger partial charge in [-0.05, 0) is 92.3 Å². The van der Waals surface area contributed by atoms with E-state index in [9.17, 15) is 9.90 Å². The van der Waals surface area contributed by atoms with Crippen LogP contribution in [0.5, 0.6) is 0 Å². The van der Waals surface area contributed by atoms with Crippen molar-refractivity contribution in [3.63, 3.8) is 0 Å². The van der Waals surface area contributed by atoms with Crippen LogP contribution in [0.25, 0.3) is 0 Å². The van der Waals surface area contributed by atoms with E-state index in [-0.39, 0.29) is 11.3 Å². The highest BCUT2D eigenvalue weighted by molar-refractivity contribution is 5.71. The van der Waals surface area contributed by atoms with Crippen molar-refractivity contribution in [1.82, 2.24) is 0 Å². The summed E-state index contributed by atoms with van der Waals surface area (Å²) in [7, 11) is 0. The standard InChI is InChI=1S/C20H33NO2/c1-19-9-7-13(21)11-12(19)3-4-14-15-5-6-17(18(22)23)20(15,2)10-8-16(14)19/h12-17H,3-11,21H2,1-2H3,(H,22,23)/t12?,13?,14-,15-,16-,17?,19-,20-/m0/s1. The Morgan fingerprint density at radius 3 is 2.39 bits per heavy atom. The number of carbonyl (C=O) groups is 1. The number of hydrogen-bond donors (Lipinski definition) is 2. The molecule has 0 heterocycles. The zero-order valence-corrected chi connectivity index (χ0v) is 14.8. The highest BCUT2D eigenvalue weighted by Crippen LogP contribution is 2.67. The van der Waals surface area contributed by atoms with E-state index in [1.165, 1.54) is 38.5 Å². The second-order valence-electron chi connectivity index (χ2n) is 9.70. The summed E-state index contributed by atoms with van der Waals surface area (Å²) in [6.45, 7) is 4.84. The van der Waals surface area contributed by atoms with Gasteiger partial charge >= 0.3 is 5.97 Å². The number of fused-ring (bicyclic) bond motifs is 5. The number of nitrogens with two attached hydrogens (primary N) is 1. The molecule has 0 aromatic carbocycles. The third-order valence-corrected chi connectivity index (χ3v) is 9.00. The van der Waals surface area contributed by atoms with Crippen LogP contribution in [0.15, 0.2) is 0 Å². The average molecular weight is 319 g/mol. The average Bonchev–Trinajstić information content (AvgIpc) is 2.85. The highest BCUT2D eigenvalue weighted by Gasteiger charge is 2.61. The van der Waals surface area contributed by atoms with E-state index in [1.54, 1.807) is 0 Å². The van der Waals surface area contributed by atoms with Gasteiger partial charge < -0.3 is 10.8 Å². The van der Waals surface area contributed by atoms with Crippen LogP contribution < -0.4 is 5.73 Å². The SMILES string of the molecule is C[C@]12CCC(N)CC1CC[C@@H]1[C@@H]2CC[C@]2(C)C(C(=O)O)CC[C@@H]12. The summed E-state index contributed by atoms with van der Waals surface area (Å²) in [6.07, 6.45) is 10.8. The van der Waals surface area contributed by atoms with E-state index >= 15 is 0 Å². The molecule has 4 saturated carbocycles. The van der Waals surface area contributed by atoms with Crippen molar-refractivity contribution in [2.24, 2.45) is 46.2 Å². The second-order valence-corrected chi connectivity index (χ2v) is 9.70. The van der Waals surface area contributed by atoms with E-state index in [0.717, 1.165) is 37.0 Å². The largest absolute Gasteiger partial charge is 0.481 e. The minimum absolute atomic E-state index is 0.0568. The number of aliphatic carboxylic acids is 1. The van der Waals surface area contributed by atoms with E-state index in [1.807, 2.05) is 0 Å². The number of carboxylic acid groups (broad SMARTS) is 1. The van der Waals surface area contributed by atoms with Gasteiger partial charge in [-0.2, -0.15) is 0 Å². The fraction of sp³-hybridized carbons (Fsp3) is 0.950. The van der Waals surface area contributed by atoms with Crippen LogP contribution in [0.1, 0.15) is 71.6 Å². The first-order chi connectivity index (χ1) is 10.9. The first-order valence-corrected chi connectivity index (χ1v) is 9.84. The predicted molar refractivity (Wildman–Crippen MR) is 90.8 cm³/mol. The maximum Gasteiger partial charge on any atom is 0.307 e. The molecule has 0 saturated heterocycles. The Balaban J connectivity index is 1.61. The molecular formula is C20H33NO2. The first kappa shape index (κ1) is 15.9. The molecule has 130 valence electrons. The quantitative estimate of drug-likeness (QED) is 0.766. The molecule has 0 aromatic rings. The van der Waals surface area contributed by atoms with Gasteiger partial charge in [0, 0.05) is 6.04 Å². The van der Waals surface area contributed by atoms with Crippen LogP contribution >= 0.6 is 0 Å². The van der Waals surface area contributed by atoms with Crippen molar-refractivity contribution in [1.29, 1.82) is 0 Å². The molecule has 3 heteroatoms. The number of hydrogen-bond acceptors (Lipinski definition) is 2. The van der Waals surface area contributed by atoms with Crippen molar-refractivity contribution in [2.75, 3.05) is 0 Å². The molecule has 0 radical (unpaired) electrons. The minimum atomic E-state index is -0.544. The van der Waals surface area contributed by atoms with Gasteiger partial charge in [0.1, 0.15) is 0 Å². The van der Waals surface area contributed by atoms with Gasteiger partial charge in [0.2, 0.25) is 0 Å². The fourth-order valence-corrected chi connectivity index (χ4v) is 7.70. The van der Waals surface area contributed by atoms with Crippen LogP contribution in [0, 0.1) is 40.4 Å². The normalized spacial score (nSPS) is 55.6. The van der Waals surface area contributed by atoms with E-state index in [2.05, 4.69) is 13.8 Å². The smallest absolute Gasteiger partial charge is 0.307 e. The fourth-order valence-electron chi connectivity index (χ4n) is 7.70. The van der Waals surface area contributed by atoms with E-state index in [0.29, 0.717) is 17.4 Å². The lowest BCUT2D eigenvalue weighted by Gasteiger charge is -2.60. The molecular weight excluding hydrogens is 286 g/mol. The lowest BCUT2D eigenvalue weighted by atomic mass is 9.44. The lowest BCUT2D eigenvalue weighted by molar-refractivity contribution is -0.152. The molecule has 8 atom stereocenters. The lowest BCUT2D eigenvalue weighted by Crippen LogP contribution is -2.55. The van der Waals surface area contributed by atoms with Gasteiger partial charge in [0.05, 0.1) is 5.92 Å². The Kier molecular flexibility index (Phi) is 3.61. The summed E-state index contributed by atoms with van der Waals surface area (Å²) < 4.78 is 0. The molecule has 3 N–H and O–H groups in total. The second kappa shape index (κ2) is 5.21.